The number of hydrogen-bond acceptors (Lipinski definition) is 15. The zero-order valence-electron chi connectivity index (χ0n) is 21.3. The molecule has 0 aliphatic rings. The highest BCUT2D eigenvalue weighted by Gasteiger charge is 2.21. The molecule has 4 rings (SSSR count). The Kier molecular flexibility index (Phi) is 9.03. The van der Waals surface area contributed by atoms with Gasteiger partial charge in [-0.3, -0.25) is 13.7 Å². The normalized spacial score (nSPS) is 12.7. The fourth-order valence-electron chi connectivity index (χ4n) is 3.66. The van der Waals surface area contributed by atoms with E-state index < -0.39 is 73.7 Å². The lowest BCUT2D eigenvalue weighted by atomic mass is 10.1. The monoisotopic (exact) mass is 711 g/mol. The van der Waals surface area contributed by atoms with Crippen molar-refractivity contribution in [1.82, 2.24) is 15.0 Å². The van der Waals surface area contributed by atoms with Gasteiger partial charge in [-0.25, -0.2) is 12.6 Å². The summed E-state index contributed by atoms with van der Waals surface area (Å²) in [5.74, 6) is -2.01. The number of sulfone groups is 1. The molecule has 236 valence electrons. The van der Waals surface area contributed by atoms with Gasteiger partial charge in [0, 0.05) is 17.1 Å². The van der Waals surface area contributed by atoms with E-state index in [0.29, 0.717) is 6.07 Å². The number of nitrogens with zero attached hydrogens (tertiary/aromatic N) is 3. The third-order valence-corrected chi connectivity index (χ3v) is 9.47. The minimum Gasteiger partial charge on any atom is -0.507 e. The van der Waals surface area contributed by atoms with Crippen molar-refractivity contribution < 1.29 is 56.6 Å². The van der Waals surface area contributed by atoms with Crippen molar-refractivity contribution >= 4 is 86.1 Å². The third-order valence-electron chi connectivity index (χ3n) is 5.48. The number of rotatable bonds is 11. The van der Waals surface area contributed by atoms with Crippen LogP contribution in [0.5, 0.6) is 5.75 Å². The topological polar surface area (TPSA) is 289 Å². The first-order chi connectivity index (χ1) is 20.2. The van der Waals surface area contributed by atoms with Crippen LogP contribution in [0.2, 0.25) is 5.28 Å². The molecule has 0 radical (unpaired) electrons. The molecule has 0 atom stereocenters. The molecule has 6 N–H and O–H groups in total. The first-order valence-corrected chi connectivity index (χ1v) is 17.6. The SMILES string of the molecule is O=S(=O)(O)OCCS(=O)(=O)c1ccc(Nc2nc(Cl)nc(Nc3cc(S(=O)(=O)O)cc4cc(S(=O)(=O)O)cc(O)c34)n2)cc1. The van der Waals surface area contributed by atoms with Gasteiger partial charge in [0.15, 0.2) is 9.84 Å². The number of halogens is 1. The lowest BCUT2D eigenvalue weighted by Crippen LogP contribution is -2.15. The molecule has 0 spiro atoms. The number of aromatic hydroxyl groups is 1. The number of fused-ring (bicyclic) bond motifs is 1. The Morgan fingerprint density at radius 1 is 0.727 bits per heavy atom. The number of benzene rings is 3. The minimum atomic E-state index is -4.87. The summed E-state index contributed by atoms with van der Waals surface area (Å²) in [6, 6.07) is 8.23. The molecule has 0 fully saturated rings. The lowest BCUT2D eigenvalue weighted by molar-refractivity contribution is 0.284. The van der Waals surface area contributed by atoms with Crippen LogP contribution in [0.4, 0.5) is 23.3 Å². The quantitative estimate of drug-likeness (QED) is 0.121. The van der Waals surface area contributed by atoms with E-state index in [-0.39, 0.29) is 38.9 Å². The van der Waals surface area contributed by atoms with Crippen molar-refractivity contribution in [2.75, 3.05) is 23.0 Å². The standard InChI is InChI=1S/C21H18ClN5O13S4/c22-19-25-20(23-12-1-3-13(4-2-12)41(29,30)6-5-40-44(37,38)39)27-21(26-19)24-16-9-14(42(31,32)33)7-11-8-15(43(34,35)36)10-17(28)18(11)16/h1-4,7-10,28H,5-6H2,(H,31,32,33)(H,34,35,36)(H,37,38,39)(H2,23,24,25,26,27). The van der Waals surface area contributed by atoms with Gasteiger partial charge < -0.3 is 15.7 Å². The average Bonchev–Trinajstić information content (AvgIpc) is 2.86. The Bertz CT molecular complexity index is 2210. The van der Waals surface area contributed by atoms with Crippen LogP contribution in [0.15, 0.2) is 63.2 Å². The Hall–Kier alpha value is -3.74. The summed E-state index contributed by atoms with van der Waals surface area (Å²) in [6.45, 7) is -0.817. The maximum absolute atomic E-state index is 12.4. The summed E-state index contributed by atoms with van der Waals surface area (Å²) < 4.78 is 125. The highest BCUT2D eigenvalue weighted by Crippen LogP contribution is 2.37. The summed E-state index contributed by atoms with van der Waals surface area (Å²) in [4.78, 5) is 10.1. The minimum absolute atomic E-state index is 0.158. The van der Waals surface area contributed by atoms with Crippen molar-refractivity contribution in [3.05, 3.63) is 53.8 Å². The molecule has 44 heavy (non-hydrogen) atoms. The summed E-state index contributed by atoms with van der Waals surface area (Å²) in [5.41, 5.74) is -0.00386. The molecule has 0 unspecified atom stereocenters. The molecular formula is C21H18ClN5O13S4. The first kappa shape index (κ1) is 33.2. The number of hydrogen-bond donors (Lipinski definition) is 6. The number of aromatic nitrogens is 3. The van der Waals surface area contributed by atoms with E-state index in [0.717, 1.165) is 18.2 Å². The average molecular weight is 712 g/mol. The molecule has 1 heterocycles. The van der Waals surface area contributed by atoms with Gasteiger partial charge >= 0.3 is 10.4 Å². The van der Waals surface area contributed by atoms with Gasteiger partial charge in [-0.2, -0.15) is 40.2 Å². The summed E-state index contributed by atoms with van der Waals surface area (Å²) in [5, 5.41) is 15.1. The number of nitrogens with one attached hydrogen (secondary N) is 2. The second-order valence-electron chi connectivity index (χ2n) is 8.56. The zero-order valence-corrected chi connectivity index (χ0v) is 25.4. The van der Waals surface area contributed by atoms with Gasteiger partial charge in [0.05, 0.1) is 32.7 Å². The number of phenolic OH excluding ortho intramolecular Hbond substituents is 1. The van der Waals surface area contributed by atoms with Crippen molar-refractivity contribution in [1.29, 1.82) is 0 Å². The predicted molar refractivity (Wildman–Crippen MR) is 153 cm³/mol. The van der Waals surface area contributed by atoms with Crippen LogP contribution < -0.4 is 10.6 Å². The highest BCUT2D eigenvalue weighted by molar-refractivity contribution is 7.91. The van der Waals surface area contributed by atoms with Crippen molar-refractivity contribution in [3.63, 3.8) is 0 Å². The van der Waals surface area contributed by atoms with Crippen LogP contribution in [0.1, 0.15) is 0 Å². The number of anilines is 4. The van der Waals surface area contributed by atoms with Crippen molar-refractivity contribution in [2.45, 2.75) is 14.7 Å². The van der Waals surface area contributed by atoms with E-state index in [1.165, 1.54) is 24.3 Å². The third kappa shape index (κ3) is 8.25. The fraction of sp³-hybridized carbons (Fsp3) is 0.0952. The Balaban J connectivity index is 1.65. The maximum atomic E-state index is 12.4. The number of phenols is 1. The second kappa shape index (κ2) is 12.0. The van der Waals surface area contributed by atoms with Gasteiger partial charge in [-0.1, -0.05) is 0 Å². The highest BCUT2D eigenvalue weighted by atomic mass is 35.5. The van der Waals surface area contributed by atoms with Crippen molar-refractivity contribution in [2.24, 2.45) is 0 Å². The van der Waals surface area contributed by atoms with Crippen LogP contribution >= 0.6 is 11.6 Å². The predicted octanol–water partition coefficient (Wildman–Crippen LogP) is 1.96. The zero-order chi connectivity index (χ0) is 32.7. The van der Waals surface area contributed by atoms with E-state index in [2.05, 4.69) is 29.8 Å². The molecule has 23 heteroatoms. The molecule has 0 bridgehead atoms. The smallest absolute Gasteiger partial charge is 0.397 e. The van der Waals surface area contributed by atoms with E-state index in [1.807, 2.05) is 0 Å². The van der Waals surface area contributed by atoms with Crippen LogP contribution in [0.25, 0.3) is 10.8 Å². The Morgan fingerprint density at radius 2 is 1.27 bits per heavy atom. The molecule has 3 aromatic carbocycles. The summed E-state index contributed by atoms with van der Waals surface area (Å²) in [7, 11) is -18.5. The maximum Gasteiger partial charge on any atom is 0.397 e. The largest absolute Gasteiger partial charge is 0.507 e. The van der Waals surface area contributed by atoms with Crippen molar-refractivity contribution in [3.8, 4) is 5.75 Å². The molecule has 0 aliphatic heterocycles. The molecular weight excluding hydrogens is 694 g/mol. The van der Waals surface area contributed by atoms with Crippen LogP contribution in [0, 0.1) is 0 Å². The van der Waals surface area contributed by atoms with Crippen LogP contribution in [-0.2, 0) is 44.7 Å². The van der Waals surface area contributed by atoms with Gasteiger partial charge in [0.2, 0.25) is 17.2 Å². The summed E-state index contributed by atoms with van der Waals surface area (Å²) >= 11 is 6.00. The van der Waals surface area contributed by atoms with Gasteiger partial charge in [0.1, 0.15) is 5.75 Å². The first-order valence-electron chi connectivity index (χ1n) is 11.4. The summed E-state index contributed by atoms with van der Waals surface area (Å²) in [6.07, 6.45) is 0. The molecule has 18 nitrogen and oxygen atoms in total. The van der Waals surface area contributed by atoms with Gasteiger partial charge in [0.25, 0.3) is 20.2 Å². The van der Waals surface area contributed by atoms with E-state index in [1.54, 1.807) is 0 Å². The van der Waals surface area contributed by atoms with Gasteiger partial charge in [-0.05, 0) is 59.5 Å². The Morgan fingerprint density at radius 3 is 1.82 bits per heavy atom. The van der Waals surface area contributed by atoms with E-state index >= 15 is 0 Å². The molecule has 4 aromatic rings. The molecule has 0 amide bonds. The Labute approximate surface area is 254 Å². The lowest BCUT2D eigenvalue weighted by Gasteiger charge is -2.14. The fourth-order valence-corrected chi connectivity index (χ4v) is 6.39. The molecule has 0 saturated carbocycles. The molecule has 0 aliphatic carbocycles. The van der Waals surface area contributed by atoms with E-state index in [4.69, 9.17) is 16.2 Å². The molecule has 1 aromatic heterocycles. The van der Waals surface area contributed by atoms with Gasteiger partial charge in [-0.15, -0.1) is 0 Å². The molecule has 0 saturated heterocycles. The van der Waals surface area contributed by atoms with E-state index in [9.17, 15) is 47.9 Å². The van der Waals surface area contributed by atoms with Crippen LogP contribution in [0.3, 0.4) is 0 Å². The van der Waals surface area contributed by atoms with Crippen LogP contribution in [-0.4, -0.2) is 79.7 Å². The second-order valence-corrected chi connectivity index (χ2v) is 14.9.